The summed E-state index contributed by atoms with van der Waals surface area (Å²) >= 11 is 0. The quantitative estimate of drug-likeness (QED) is 0.132. The van der Waals surface area contributed by atoms with Gasteiger partial charge in [-0.15, -0.1) is 0 Å². The first-order chi connectivity index (χ1) is 19.2. The summed E-state index contributed by atoms with van der Waals surface area (Å²) in [7, 11) is -3.96. The predicted molar refractivity (Wildman–Crippen MR) is 151 cm³/mol. The smallest absolute Gasteiger partial charge is 0.326 e. The molecule has 5 aromatic rings. The lowest BCUT2D eigenvalue weighted by Gasteiger charge is -2.11. The summed E-state index contributed by atoms with van der Waals surface area (Å²) in [5.74, 6) is 0.474. The molecule has 0 saturated carbocycles. The molecule has 0 radical (unpaired) electrons. The van der Waals surface area contributed by atoms with Crippen molar-refractivity contribution in [1.29, 1.82) is 5.41 Å². The second-order valence-corrected chi connectivity index (χ2v) is 10.4. The highest BCUT2D eigenvalue weighted by Gasteiger charge is 2.20. The van der Waals surface area contributed by atoms with E-state index in [1.54, 1.807) is 84.4 Å². The molecule has 0 saturated heterocycles. The number of hydrogen-bond acceptors (Lipinski definition) is 8. The van der Waals surface area contributed by atoms with E-state index >= 15 is 0 Å². The number of anilines is 1. The van der Waals surface area contributed by atoms with Crippen LogP contribution in [0.4, 0.5) is 5.69 Å². The highest BCUT2D eigenvalue weighted by molar-refractivity contribution is 7.93. The zero-order valence-corrected chi connectivity index (χ0v) is 22.3. The normalized spacial score (nSPS) is 11.4. The lowest BCUT2D eigenvalue weighted by Crippen LogP contribution is -2.16. The van der Waals surface area contributed by atoms with Gasteiger partial charge in [0.1, 0.15) is 35.5 Å². The van der Waals surface area contributed by atoms with E-state index in [1.807, 2.05) is 0 Å². The predicted octanol–water partition coefficient (Wildman–Crippen LogP) is 3.81. The number of para-hydroxylation sites is 1. The Hall–Kier alpha value is -4.97. The molecule has 12 heteroatoms. The fraction of sp³-hybridized carbons (Fsp3) is 0.143. The Kier molecular flexibility index (Phi) is 7.34. The fourth-order valence-corrected chi connectivity index (χ4v) is 5.48. The molecule has 0 aliphatic rings. The van der Waals surface area contributed by atoms with Crippen LogP contribution < -0.4 is 15.2 Å². The largest absolute Gasteiger partial charge is 0.486 e. The minimum Gasteiger partial charge on any atom is -0.486 e. The van der Waals surface area contributed by atoms with Gasteiger partial charge in [-0.25, -0.2) is 13.4 Å². The minimum absolute atomic E-state index is 0.0240. The number of ether oxygens (including phenoxy) is 2. The summed E-state index contributed by atoms with van der Waals surface area (Å²) in [6.07, 6.45) is 1.55. The number of aromatic nitrogens is 3. The van der Waals surface area contributed by atoms with Gasteiger partial charge in [-0.05, 0) is 61.5 Å². The molecule has 2 heterocycles. The van der Waals surface area contributed by atoms with Crippen molar-refractivity contribution in [3.63, 3.8) is 0 Å². The first-order valence-corrected chi connectivity index (χ1v) is 13.8. The van der Waals surface area contributed by atoms with E-state index < -0.39 is 16.0 Å². The van der Waals surface area contributed by atoms with Crippen LogP contribution in [0.3, 0.4) is 0 Å². The minimum atomic E-state index is -3.96. The number of benzene rings is 3. The molecule has 40 heavy (non-hydrogen) atoms. The number of nitrogen functional groups attached to an aromatic ring is 1. The van der Waals surface area contributed by atoms with Gasteiger partial charge < -0.3 is 19.8 Å². The van der Waals surface area contributed by atoms with Crippen molar-refractivity contribution in [3.8, 4) is 5.75 Å². The number of fused-ring (bicyclic) bond motifs is 2. The van der Waals surface area contributed by atoms with Crippen LogP contribution in [0.2, 0.25) is 0 Å². The number of rotatable bonds is 10. The number of nitrogens with zero attached hydrogens (tertiary/aromatic N) is 3. The molecule has 0 fully saturated rings. The Morgan fingerprint density at radius 1 is 1.07 bits per heavy atom. The van der Waals surface area contributed by atoms with Gasteiger partial charge in [0, 0.05) is 17.1 Å². The molecule has 5 rings (SSSR count). The van der Waals surface area contributed by atoms with E-state index in [0.29, 0.717) is 44.8 Å². The van der Waals surface area contributed by atoms with Crippen LogP contribution in [0.5, 0.6) is 5.75 Å². The van der Waals surface area contributed by atoms with Crippen LogP contribution in [0.15, 0.2) is 83.9 Å². The molecule has 0 atom stereocenters. The molecule has 11 nitrogen and oxygen atoms in total. The Morgan fingerprint density at radius 2 is 1.85 bits per heavy atom. The molecule has 2 aromatic heterocycles. The number of carbonyl (C=O) groups is 1. The van der Waals surface area contributed by atoms with Crippen molar-refractivity contribution >= 4 is 49.5 Å². The third kappa shape index (κ3) is 5.57. The zero-order chi connectivity index (χ0) is 28.3. The van der Waals surface area contributed by atoms with E-state index in [4.69, 9.17) is 20.6 Å². The fourth-order valence-electron chi connectivity index (χ4n) is 4.25. The summed E-state index contributed by atoms with van der Waals surface area (Å²) in [4.78, 5) is 21.3. The van der Waals surface area contributed by atoms with E-state index in [9.17, 15) is 13.2 Å². The maximum absolute atomic E-state index is 13.3. The lowest BCUT2D eigenvalue weighted by molar-refractivity contribution is -0.143. The summed E-state index contributed by atoms with van der Waals surface area (Å²) in [6, 6.07) is 20.1. The van der Waals surface area contributed by atoms with E-state index in [1.165, 1.54) is 6.07 Å². The van der Waals surface area contributed by atoms with Crippen molar-refractivity contribution in [1.82, 2.24) is 14.5 Å². The van der Waals surface area contributed by atoms with Crippen molar-refractivity contribution in [2.24, 2.45) is 5.73 Å². The maximum atomic E-state index is 13.3. The number of nitrogens with one attached hydrogen (secondary N) is 2. The molecule has 3 aromatic carbocycles. The number of imidazole rings is 1. The Balaban J connectivity index is 1.45. The molecular weight excluding hydrogens is 532 g/mol. The first kappa shape index (κ1) is 26.6. The topological polar surface area (TPSA) is 162 Å². The number of hydrogen-bond donors (Lipinski definition) is 3. The molecule has 4 N–H and O–H groups in total. The van der Waals surface area contributed by atoms with E-state index in [0.717, 1.165) is 0 Å². The van der Waals surface area contributed by atoms with Crippen molar-refractivity contribution in [2.45, 2.75) is 25.0 Å². The van der Waals surface area contributed by atoms with Gasteiger partial charge in [0.2, 0.25) is 0 Å². The highest BCUT2D eigenvalue weighted by Crippen LogP contribution is 2.26. The van der Waals surface area contributed by atoms with Crippen molar-refractivity contribution < 1.29 is 22.7 Å². The van der Waals surface area contributed by atoms with Crippen LogP contribution in [0, 0.1) is 5.41 Å². The maximum Gasteiger partial charge on any atom is 0.326 e. The molecule has 204 valence electrons. The number of carbonyl (C=O) groups excluding carboxylic acids is 1. The number of nitrogens with two attached hydrogens (primary N) is 1. The third-order valence-corrected chi connectivity index (χ3v) is 7.50. The molecule has 0 aliphatic heterocycles. The second kappa shape index (κ2) is 11.0. The number of sulfonamides is 1. The summed E-state index contributed by atoms with van der Waals surface area (Å²) in [5.41, 5.74) is 7.81. The van der Waals surface area contributed by atoms with Gasteiger partial charge in [0.05, 0.1) is 28.8 Å². The monoisotopic (exact) mass is 558 g/mol. The molecule has 0 spiro atoms. The van der Waals surface area contributed by atoms with Crippen LogP contribution in [-0.2, 0) is 32.7 Å². The Bertz CT molecular complexity index is 1830. The van der Waals surface area contributed by atoms with Crippen LogP contribution in [-0.4, -0.2) is 41.4 Å². The number of pyridine rings is 1. The Labute approximate surface area is 230 Å². The number of esters is 1. The molecule has 0 amide bonds. The molecule has 0 unspecified atom stereocenters. The second-order valence-electron chi connectivity index (χ2n) is 8.79. The highest BCUT2D eigenvalue weighted by atomic mass is 32.2. The van der Waals surface area contributed by atoms with Gasteiger partial charge in [-0.1, -0.05) is 18.2 Å². The average molecular weight is 559 g/mol. The number of amidine groups is 1. The van der Waals surface area contributed by atoms with Gasteiger partial charge in [0.25, 0.3) is 10.0 Å². The van der Waals surface area contributed by atoms with Gasteiger partial charge in [-0.2, -0.15) is 0 Å². The van der Waals surface area contributed by atoms with Gasteiger partial charge >= 0.3 is 5.97 Å². The standard InChI is InChI=1S/C28H26N6O5S/c1-2-38-26(35)16-34-23-13-10-20(33-40(36,37)24-7-3-5-18-6-4-14-31-27(18)24)15-22(23)32-25(34)17-39-21-11-8-19(9-12-21)28(29)30/h3-15,33H,2,16-17H2,1H3,(H3,29,30). The van der Waals surface area contributed by atoms with Gasteiger partial charge in [-0.3, -0.25) is 19.9 Å². The van der Waals surface area contributed by atoms with E-state index in [2.05, 4.69) is 14.7 Å². The molecule has 0 bridgehead atoms. The summed E-state index contributed by atoms with van der Waals surface area (Å²) in [5, 5.41) is 8.23. The van der Waals surface area contributed by atoms with E-state index in [-0.39, 0.29) is 30.5 Å². The van der Waals surface area contributed by atoms with Gasteiger partial charge in [0.15, 0.2) is 0 Å². The lowest BCUT2D eigenvalue weighted by atomic mass is 10.2. The summed E-state index contributed by atoms with van der Waals surface area (Å²) < 4.78 is 41.9. The van der Waals surface area contributed by atoms with Crippen LogP contribution in [0.1, 0.15) is 18.3 Å². The third-order valence-electron chi connectivity index (χ3n) is 6.09. The van der Waals surface area contributed by atoms with Crippen LogP contribution in [0.25, 0.3) is 21.9 Å². The van der Waals surface area contributed by atoms with Crippen molar-refractivity contribution in [2.75, 3.05) is 11.3 Å². The Morgan fingerprint density at radius 3 is 2.60 bits per heavy atom. The molecular formula is C28H26N6O5S. The first-order valence-electron chi connectivity index (χ1n) is 12.3. The SMILES string of the molecule is CCOC(=O)Cn1c(COc2ccc(C(=N)N)cc2)nc2cc(NS(=O)(=O)c3cccc4cccnc34)ccc21. The van der Waals surface area contributed by atoms with Crippen LogP contribution >= 0.6 is 0 Å². The average Bonchev–Trinajstić information content (AvgIpc) is 3.27. The van der Waals surface area contributed by atoms with Crippen molar-refractivity contribution in [3.05, 3.63) is 90.4 Å². The molecule has 0 aliphatic carbocycles. The summed E-state index contributed by atoms with van der Waals surface area (Å²) in [6.45, 7) is 1.88. The zero-order valence-electron chi connectivity index (χ0n) is 21.5.